The molecule has 0 radical (unpaired) electrons. The lowest BCUT2D eigenvalue weighted by atomic mass is 10.00. The minimum absolute atomic E-state index is 0.0206. The summed E-state index contributed by atoms with van der Waals surface area (Å²) in [6.07, 6.45) is 4.78. The SMILES string of the molecule is CC(C)[C@H](N)C(=O)N(C[C@@H]1CCCCN1C(=O)OC(C)(C)C)C1CC1. The van der Waals surface area contributed by atoms with Crippen LogP contribution in [0.5, 0.6) is 0 Å². The van der Waals surface area contributed by atoms with Crippen LogP contribution in [-0.4, -0.2) is 58.6 Å². The minimum Gasteiger partial charge on any atom is -0.444 e. The monoisotopic (exact) mass is 353 g/mol. The summed E-state index contributed by atoms with van der Waals surface area (Å²) in [6, 6.07) is -0.161. The standard InChI is InChI=1S/C19H35N3O3/c1-13(2)16(20)17(23)22(14-9-10-14)12-15-8-6-7-11-21(15)18(24)25-19(3,4)5/h13-16H,6-12,20H2,1-5H3/t15-,16-/m0/s1. The molecule has 25 heavy (non-hydrogen) atoms. The van der Waals surface area contributed by atoms with E-state index in [0.717, 1.165) is 32.1 Å². The third-order valence-corrected chi connectivity index (χ3v) is 4.94. The molecule has 144 valence electrons. The largest absolute Gasteiger partial charge is 0.444 e. The molecule has 2 atom stereocenters. The van der Waals surface area contributed by atoms with Crippen molar-refractivity contribution in [2.45, 2.75) is 90.4 Å². The second-order valence-electron chi connectivity index (χ2n) is 8.81. The van der Waals surface area contributed by atoms with Gasteiger partial charge in [0.05, 0.1) is 12.1 Å². The van der Waals surface area contributed by atoms with Crippen molar-refractivity contribution in [1.29, 1.82) is 0 Å². The normalized spacial score (nSPS) is 22.7. The number of nitrogens with two attached hydrogens (primary N) is 1. The van der Waals surface area contributed by atoms with Gasteiger partial charge in [-0.25, -0.2) is 4.79 Å². The van der Waals surface area contributed by atoms with Crippen molar-refractivity contribution in [2.75, 3.05) is 13.1 Å². The molecule has 6 nitrogen and oxygen atoms in total. The second kappa shape index (κ2) is 7.94. The summed E-state index contributed by atoms with van der Waals surface area (Å²) in [5.41, 5.74) is 5.60. The quantitative estimate of drug-likeness (QED) is 0.824. The summed E-state index contributed by atoms with van der Waals surface area (Å²) >= 11 is 0. The van der Waals surface area contributed by atoms with Gasteiger partial charge in [0.2, 0.25) is 5.91 Å². The molecule has 2 fully saturated rings. The Morgan fingerprint density at radius 1 is 1.20 bits per heavy atom. The molecule has 2 rings (SSSR count). The lowest BCUT2D eigenvalue weighted by molar-refractivity contribution is -0.135. The fourth-order valence-corrected chi connectivity index (χ4v) is 3.26. The topological polar surface area (TPSA) is 75.9 Å². The van der Waals surface area contributed by atoms with Crippen LogP contribution >= 0.6 is 0 Å². The number of carbonyl (C=O) groups is 2. The minimum atomic E-state index is -0.509. The number of piperidine rings is 1. The van der Waals surface area contributed by atoms with Gasteiger partial charge in [0.15, 0.2) is 0 Å². The zero-order valence-corrected chi connectivity index (χ0v) is 16.5. The first kappa shape index (κ1) is 20.0. The highest BCUT2D eigenvalue weighted by molar-refractivity contribution is 5.82. The van der Waals surface area contributed by atoms with Gasteiger partial charge in [-0.15, -0.1) is 0 Å². The Morgan fingerprint density at radius 3 is 2.36 bits per heavy atom. The summed E-state index contributed by atoms with van der Waals surface area (Å²) in [5.74, 6) is 0.134. The molecule has 0 aromatic rings. The van der Waals surface area contributed by atoms with Gasteiger partial charge in [-0.05, 0) is 58.8 Å². The summed E-state index contributed by atoms with van der Waals surface area (Å²) in [4.78, 5) is 29.1. The molecular weight excluding hydrogens is 318 g/mol. The predicted molar refractivity (Wildman–Crippen MR) is 98.1 cm³/mol. The Balaban J connectivity index is 2.07. The van der Waals surface area contributed by atoms with Gasteiger partial charge in [0.25, 0.3) is 0 Å². The van der Waals surface area contributed by atoms with E-state index in [-0.39, 0.29) is 24.0 Å². The zero-order chi connectivity index (χ0) is 18.8. The molecule has 0 spiro atoms. The summed E-state index contributed by atoms with van der Waals surface area (Å²) < 4.78 is 5.57. The average Bonchev–Trinajstić information content (AvgIpc) is 3.34. The van der Waals surface area contributed by atoms with Crippen LogP contribution < -0.4 is 5.73 Å². The maximum atomic E-state index is 12.8. The molecule has 0 aromatic heterocycles. The number of hydrogen-bond donors (Lipinski definition) is 1. The van der Waals surface area contributed by atoms with Crippen molar-refractivity contribution >= 4 is 12.0 Å². The van der Waals surface area contributed by atoms with Crippen LogP contribution in [0.25, 0.3) is 0 Å². The number of likely N-dealkylation sites (tertiary alicyclic amines) is 1. The van der Waals surface area contributed by atoms with Gasteiger partial charge in [-0.3, -0.25) is 4.79 Å². The number of amides is 2. The highest BCUT2D eigenvalue weighted by Crippen LogP contribution is 2.30. The highest BCUT2D eigenvalue weighted by Gasteiger charge is 2.39. The van der Waals surface area contributed by atoms with E-state index in [4.69, 9.17) is 10.5 Å². The molecule has 6 heteroatoms. The Morgan fingerprint density at radius 2 is 1.84 bits per heavy atom. The highest BCUT2D eigenvalue weighted by atomic mass is 16.6. The summed E-state index contributed by atoms with van der Waals surface area (Å²) in [5, 5.41) is 0. The molecule has 2 amide bonds. The van der Waals surface area contributed by atoms with E-state index in [9.17, 15) is 9.59 Å². The van der Waals surface area contributed by atoms with Crippen LogP contribution in [-0.2, 0) is 9.53 Å². The molecular formula is C19H35N3O3. The molecule has 0 unspecified atom stereocenters. The van der Waals surface area contributed by atoms with E-state index in [2.05, 4.69) is 0 Å². The fraction of sp³-hybridized carbons (Fsp3) is 0.895. The van der Waals surface area contributed by atoms with Crippen LogP contribution in [0, 0.1) is 5.92 Å². The lowest BCUT2D eigenvalue weighted by Crippen LogP contribution is -2.55. The van der Waals surface area contributed by atoms with Crippen molar-refractivity contribution in [1.82, 2.24) is 9.80 Å². The van der Waals surface area contributed by atoms with Crippen molar-refractivity contribution in [3.05, 3.63) is 0 Å². The molecule has 1 saturated heterocycles. The van der Waals surface area contributed by atoms with Crippen LogP contribution in [0.3, 0.4) is 0 Å². The fourth-order valence-electron chi connectivity index (χ4n) is 3.26. The van der Waals surface area contributed by atoms with Crippen molar-refractivity contribution in [3.63, 3.8) is 0 Å². The molecule has 1 saturated carbocycles. The van der Waals surface area contributed by atoms with E-state index in [1.54, 1.807) is 0 Å². The van der Waals surface area contributed by atoms with E-state index in [1.165, 1.54) is 0 Å². The van der Waals surface area contributed by atoms with E-state index in [0.29, 0.717) is 19.1 Å². The zero-order valence-electron chi connectivity index (χ0n) is 16.5. The summed E-state index contributed by atoms with van der Waals surface area (Å²) in [6.45, 7) is 10.9. The Labute approximate surface area is 152 Å². The van der Waals surface area contributed by atoms with Gasteiger partial charge in [0, 0.05) is 19.1 Å². The Kier molecular flexibility index (Phi) is 6.35. The Hall–Kier alpha value is -1.30. The number of ether oxygens (including phenoxy) is 1. The number of hydrogen-bond acceptors (Lipinski definition) is 4. The summed E-state index contributed by atoms with van der Waals surface area (Å²) in [7, 11) is 0. The van der Waals surface area contributed by atoms with Crippen LogP contribution in [0.1, 0.15) is 66.7 Å². The molecule has 1 heterocycles. The first-order valence-corrected chi connectivity index (χ1v) is 9.66. The van der Waals surface area contributed by atoms with E-state index in [1.807, 2.05) is 44.4 Å². The molecule has 1 aliphatic heterocycles. The molecule has 0 bridgehead atoms. The van der Waals surface area contributed by atoms with Gasteiger partial charge in [-0.1, -0.05) is 13.8 Å². The van der Waals surface area contributed by atoms with Gasteiger partial charge in [-0.2, -0.15) is 0 Å². The van der Waals surface area contributed by atoms with E-state index >= 15 is 0 Å². The van der Waals surface area contributed by atoms with Gasteiger partial charge in [0.1, 0.15) is 5.60 Å². The van der Waals surface area contributed by atoms with Crippen LogP contribution in [0.15, 0.2) is 0 Å². The second-order valence-corrected chi connectivity index (χ2v) is 8.81. The van der Waals surface area contributed by atoms with Crippen molar-refractivity contribution in [3.8, 4) is 0 Å². The average molecular weight is 354 g/mol. The maximum absolute atomic E-state index is 12.8. The first-order valence-electron chi connectivity index (χ1n) is 9.66. The number of carbonyl (C=O) groups excluding carboxylic acids is 2. The molecule has 2 N–H and O–H groups in total. The molecule has 2 aliphatic rings. The molecule has 1 aliphatic carbocycles. The smallest absolute Gasteiger partial charge is 0.410 e. The third kappa shape index (κ3) is 5.59. The Bertz CT molecular complexity index is 483. The number of nitrogens with zero attached hydrogens (tertiary/aromatic N) is 2. The van der Waals surface area contributed by atoms with Crippen molar-refractivity contribution in [2.24, 2.45) is 11.7 Å². The maximum Gasteiger partial charge on any atom is 0.410 e. The van der Waals surface area contributed by atoms with Crippen molar-refractivity contribution < 1.29 is 14.3 Å². The van der Waals surface area contributed by atoms with E-state index < -0.39 is 11.6 Å². The number of rotatable bonds is 5. The van der Waals surface area contributed by atoms with Gasteiger partial charge >= 0.3 is 6.09 Å². The molecule has 0 aromatic carbocycles. The van der Waals surface area contributed by atoms with Gasteiger partial charge < -0.3 is 20.3 Å². The third-order valence-electron chi connectivity index (χ3n) is 4.94. The lowest BCUT2D eigenvalue weighted by Gasteiger charge is -2.40. The predicted octanol–water partition coefficient (Wildman–Crippen LogP) is 2.75. The van der Waals surface area contributed by atoms with Crippen LogP contribution in [0.4, 0.5) is 4.79 Å². The first-order chi connectivity index (χ1) is 11.6. The van der Waals surface area contributed by atoms with Crippen LogP contribution in [0.2, 0.25) is 0 Å².